The van der Waals surface area contributed by atoms with E-state index >= 15 is 0 Å². The van der Waals surface area contributed by atoms with Crippen molar-refractivity contribution < 1.29 is 17.7 Å². The monoisotopic (exact) mass is 243 g/mol. The van der Waals surface area contributed by atoms with Crippen LogP contribution in [0.25, 0.3) is 0 Å². The molecule has 2 rings (SSSR count). The molecule has 1 aliphatic rings. The quantitative estimate of drug-likeness (QED) is 0.729. The first-order valence-corrected chi connectivity index (χ1v) is 6.98. The van der Waals surface area contributed by atoms with Crippen molar-refractivity contribution in [3.8, 4) is 0 Å². The molecular weight excluding hydrogens is 230 g/mol. The second-order valence-electron chi connectivity index (χ2n) is 4.12. The number of ketones is 1. The normalized spacial score (nSPS) is 24.2. The Bertz CT molecular complexity index is 503. The summed E-state index contributed by atoms with van der Waals surface area (Å²) in [6.07, 6.45) is 1.41. The highest BCUT2D eigenvalue weighted by atomic mass is 32.2. The summed E-state index contributed by atoms with van der Waals surface area (Å²) in [6.45, 7) is 1.40. The van der Waals surface area contributed by atoms with E-state index in [0.29, 0.717) is 12.2 Å². The summed E-state index contributed by atoms with van der Waals surface area (Å²) in [4.78, 5) is 11.0. The molecule has 1 atom stereocenters. The van der Waals surface area contributed by atoms with Gasteiger partial charge in [-0.05, 0) is 12.8 Å². The van der Waals surface area contributed by atoms with E-state index in [0.717, 1.165) is 6.42 Å². The van der Waals surface area contributed by atoms with Crippen LogP contribution in [-0.2, 0) is 9.84 Å². The maximum Gasteiger partial charge on any atom is 0.181 e. The predicted octanol–water partition coefficient (Wildman–Crippen LogP) is 1.17. The summed E-state index contributed by atoms with van der Waals surface area (Å²) in [5, 5.41) is 3.62. The van der Waals surface area contributed by atoms with Crippen LogP contribution in [0.4, 0.5) is 0 Å². The molecule has 0 aliphatic carbocycles. The van der Waals surface area contributed by atoms with Crippen LogP contribution in [-0.4, -0.2) is 30.9 Å². The minimum atomic E-state index is -2.96. The van der Waals surface area contributed by atoms with Crippen molar-refractivity contribution in [1.82, 2.24) is 5.16 Å². The zero-order valence-corrected chi connectivity index (χ0v) is 9.79. The van der Waals surface area contributed by atoms with Crippen molar-refractivity contribution in [1.29, 1.82) is 0 Å². The van der Waals surface area contributed by atoms with Crippen LogP contribution >= 0.6 is 0 Å². The van der Waals surface area contributed by atoms with Crippen LogP contribution < -0.4 is 0 Å². The fourth-order valence-electron chi connectivity index (χ4n) is 1.89. The second-order valence-corrected chi connectivity index (χ2v) is 6.35. The number of nitrogens with zero attached hydrogens (tertiary/aromatic N) is 1. The summed E-state index contributed by atoms with van der Waals surface area (Å²) in [7, 11) is -2.96. The van der Waals surface area contributed by atoms with Gasteiger partial charge in [-0.2, -0.15) is 0 Å². The van der Waals surface area contributed by atoms with E-state index in [1.165, 1.54) is 6.92 Å². The molecule has 0 spiro atoms. The van der Waals surface area contributed by atoms with Gasteiger partial charge in [-0.15, -0.1) is 0 Å². The van der Waals surface area contributed by atoms with E-state index in [1.54, 1.807) is 6.07 Å². The van der Waals surface area contributed by atoms with Crippen LogP contribution in [0.5, 0.6) is 0 Å². The van der Waals surface area contributed by atoms with Crippen LogP contribution in [0, 0.1) is 0 Å². The molecule has 1 unspecified atom stereocenters. The van der Waals surface area contributed by atoms with E-state index in [4.69, 9.17) is 4.52 Å². The van der Waals surface area contributed by atoms with Crippen molar-refractivity contribution in [2.75, 3.05) is 11.5 Å². The van der Waals surface area contributed by atoms with Gasteiger partial charge in [-0.1, -0.05) is 5.16 Å². The number of carbonyl (C=O) groups is 1. The SMILES string of the molecule is CC(=O)c1cc(C2CCCS(=O)(=O)C2)on1. The van der Waals surface area contributed by atoms with E-state index in [-0.39, 0.29) is 28.9 Å². The average molecular weight is 243 g/mol. The zero-order chi connectivity index (χ0) is 11.8. The molecule has 0 radical (unpaired) electrons. The Kier molecular flexibility index (Phi) is 2.84. The standard InChI is InChI=1S/C10H13NO4S/c1-7(12)9-5-10(15-11-9)8-3-2-4-16(13,14)6-8/h5,8H,2-4,6H2,1H3. The van der Waals surface area contributed by atoms with Gasteiger partial charge < -0.3 is 4.52 Å². The number of aromatic nitrogens is 1. The van der Waals surface area contributed by atoms with Gasteiger partial charge in [0, 0.05) is 18.9 Å². The van der Waals surface area contributed by atoms with E-state index < -0.39 is 9.84 Å². The summed E-state index contributed by atoms with van der Waals surface area (Å²) >= 11 is 0. The molecule has 1 aliphatic heterocycles. The highest BCUT2D eigenvalue weighted by molar-refractivity contribution is 7.91. The molecule has 0 bridgehead atoms. The molecule has 1 aromatic rings. The summed E-state index contributed by atoms with van der Waals surface area (Å²) in [5.74, 6) is 0.526. The van der Waals surface area contributed by atoms with Crippen molar-refractivity contribution in [3.63, 3.8) is 0 Å². The number of sulfone groups is 1. The van der Waals surface area contributed by atoms with Crippen LogP contribution in [0.2, 0.25) is 0 Å². The van der Waals surface area contributed by atoms with Gasteiger partial charge in [-0.25, -0.2) is 8.42 Å². The topological polar surface area (TPSA) is 77.2 Å². The third kappa shape index (κ3) is 2.32. The number of hydrogen-bond donors (Lipinski definition) is 0. The smallest absolute Gasteiger partial charge is 0.181 e. The minimum Gasteiger partial charge on any atom is -0.360 e. The summed E-state index contributed by atoms with van der Waals surface area (Å²) in [6, 6.07) is 1.55. The lowest BCUT2D eigenvalue weighted by atomic mass is 10.0. The second kappa shape index (κ2) is 4.01. The van der Waals surface area contributed by atoms with Crippen molar-refractivity contribution in [2.45, 2.75) is 25.7 Å². The Morgan fingerprint density at radius 3 is 2.88 bits per heavy atom. The van der Waals surface area contributed by atoms with Gasteiger partial charge in [0.2, 0.25) is 0 Å². The summed E-state index contributed by atoms with van der Waals surface area (Å²) in [5.41, 5.74) is 0.262. The van der Waals surface area contributed by atoms with Gasteiger partial charge >= 0.3 is 0 Å². The van der Waals surface area contributed by atoms with Crippen LogP contribution in [0.1, 0.15) is 41.9 Å². The predicted molar refractivity (Wildman–Crippen MR) is 57.1 cm³/mol. The fourth-order valence-corrected chi connectivity index (χ4v) is 3.61. The van der Waals surface area contributed by atoms with E-state index in [9.17, 15) is 13.2 Å². The first kappa shape index (κ1) is 11.3. The van der Waals surface area contributed by atoms with Gasteiger partial charge in [0.1, 0.15) is 11.5 Å². The Labute approximate surface area is 93.7 Å². The molecule has 0 N–H and O–H groups in total. The van der Waals surface area contributed by atoms with E-state index in [2.05, 4.69) is 5.16 Å². The maximum absolute atomic E-state index is 11.4. The molecule has 2 heterocycles. The van der Waals surface area contributed by atoms with Crippen molar-refractivity contribution >= 4 is 15.6 Å². The zero-order valence-electron chi connectivity index (χ0n) is 8.97. The molecule has 0 amide bonds. The van der Waals surface area contributed by atoms with Gasteiger partial charge in [0.25, 0.3) is 0 Å². The third-order valence-corrected chi connectivity index (χ3v) is 4.58. The van der Waals surface area contributed by atoms with Crippen molar-refractivity contribution in [3.05, 3.63) is 17.5 Å². The Hall–Kier alpha value is -1.17. The molecule has 88 valence electrons. The maximum atomic E-state index is 11.4. The number of carbonyl (C=O) groups excluding carboxylic acids is 1. The molecule has 6 heteroatoms. The molecular formula is C10H13NO4S. The van der Waals surface area contributed by atoms with Gasteiger partial charge in [0.05, 0.1) is 11.5 Å². The lowest BCUT2D eigenvalue weighted by molar-refractivity contribution is 0.100. The molecule has 1 aromatic heterocycles. The Morgan fingerprint density at radius 2 is 2.31 bits per heavy atom. The van der Waals surface area contributed by atoms with Crippen LogP contribution in [0.15, 0.2) is 10.6 Å². The Balaban J connectivity index is 2.20. The number of Topliss-reactive ketones (excluding diaryl/α,β-unsaturated/α-hetero) is 1. The minimum absolute atomic E-state index is 0.0968. The third-order valence-electron chi connectivity index (χ3n) is 2.75. The Morgan fingerprint density at radius 1 is 1.56 bits per heavy atom. The molecule has 0 aromatic carbocycles. The lowest BCUT2D eigenvalue weighted by Gasteiger charge is -2.18. The van der Waals surface area contributed by atoms with E-state index in [1.807, 2.05) is 0 Å². The van der Waals surface area contributed by atoms with Crippen molar-refractivity contribution in [2.24, 2.45) is 0 Å². The molecule has 5 nitrogen and oxygen atoms in total. The van der Waals surface area contributed by atoms with Gasteiger partial charge in [-0.3, -0.25) is 4.79 Å². The summed E-state index contributed by atoms with van der Waals surface area (Å²) < 4.78 is 27.9. The first-order valence-electron chi connectivity index (χ1n) is 5.16. The molecule has 1 fully saturated rings. The number of rotatable bonds is 2. The van der Waals surface area contributed by atoms with Gasteiger partial charge in [0.15, 0.2) is 15.6 Å². The largest absolute Gasteiger partial charge is 0.360 e. The number of hydrogen-bond acceptors (Lipinski definition) is 5. The highest BCUT2D eigenvalue weighted by Crippen LogP contribution is 2.28. The lowest BCUT2D eigenvalue weighted by Crippen LogP contribution is -2.23. The highest BCUT2D eigenvalue weighted by Gasteiger charge is 2.28. The molecule has 0 saturated carbocycles. The van der Waals surface area contributed by atoms with Crippen LogP contribution in [0.3, 0.4) is 0 Å². The molecule has 1 saturated heterocycles. The average Bonchev–Trinajstić information content (AvgIpc) is 2.64. The fraction of sp³-hybridized carbons (Fsp3) is 0.600. The molecule has 16 heavy (non-hydrogen) atoms. The first-order chi connectivity index (χ1) is 7.48.